The monoisotopic (exact) mass is 315 g/mol. The van der Waals surface area contributed by atoms with Gasteiger partial charge in [0.2, 0.25) is 0 Å². The van der Waals surface area contributed by atoms with Gasteiger partial charge in [-0.05, 0) is 62.4 Å². The van der Waals surface area contributed by atoms with Crippen LogP contribution in [0.25, 0.3) is 0 Å². The first kappa shape index (κ1) is 21.2. The lowest BCUT2D eigenvalue weighted by molar-refractivity contribution is 0.00663. The molecule has 0 aromatic heterocycles. The summed E-state index contributed by atoms with van der Waals surface area (Å²) in [6.45, 7) is 19.5. The lowest BCUT2D eigenvalue weighted by Crippen LogP contribution is -2.50. The number of likely N-dealkylation sites (N-methyl/N-ethyl adjacent to an activating group) is 1. The van der Waals surface area contributed by atoms with Gasteiger partial charge in [0.15, 0.2) is 0 Å². The highest BCUT2D eigenvalue weighted by atomic mass is 16.6. The second-order valence-electron chi connectivity index (χ2n) is 8.13. The van der Waals surface area contributed by atoms with Gasteiger partial charge in [0.05, 0.1) is 0 Å². The Labute approximate surface area is 137 Å². The molecule has 5 nitrogen and oxygen atoms in total. The third kappa shape index (κ3) is 9.26. The summed E-state index contributed by atoms with van der Waals surface area (Å²) in [6, 6.07) is 0.551. The molecule has 0 saturated heterocycles. The molecule has 132 valence electrons. The van der Waals surface area contributed by atoms with E-state index in [2.05, 4.69) is 31.1 Å². The highest BCUT2D eigenvalue weighted by Gasteiger charge is 2.30. The van der Waals surface area contributed by atoms with E-state index in [0.29, 0.717) is 12.6 Å². The van der Waals surface area contributed by atoms with Crippen LogP contribution in [0.1, 0.15) is 55.4 Å². The van der Waals surface area contributed by atoms with E-state index in [4.69, 9.17) is 4.74 Å². The van der Waals surface area contributed by atoms with Crippen molar-refractivity contribution in [2.24, 2.45) is 0 Å². The highest BCUT2D eigenvalue weighted by molar-refractivity contribution is 5.69. The number of rotatable bonds is 7. The van der Waals surface area contributed by atoms with Gasteiger partial charge in [-0.15, -0.1) is 0 Å². The van der Waals surface area contributed by atoms with Gasteiger partial charge in [0.1, 0.15) is 5.60 Å². The number of nitrogens with zero attached hydrogens (tertiary/aromatic N) is 2. The van der Waals surface area contributed by atoms with Gasteiger partial charge in [-0.2, -0.15) is 0 Å². The molecular weight excluding hydrogens is 278 g/mol. The number of ether oxygens (including phenoxy) is 1. The van der Waals surface area contributed by atoms with Gasteiger partial charge in [-0.1, -0.05) is 0 Å². The summed E-state index contributed by atoms with van der Waals surface area (Å²) in [4.78, 5) is 16.4. The van der Waals surface area contributed by atoms with Crippen LogP contribution in [0.3, 0.4) is 0 Å². The molecule has 0 fully saturated rings. The fraction of sp³-hybridized carbons (Fsp3) is 0.941. The Balaban J connectivity index is 4.32. The molecule has 0 radical (unpaired) electrons. The van der Waals surface area contributed by atoms with Crippen LogP contribution in [0.4, 0.5) is 4.79 Å². The number of hydrogen-bond donors (Lipinski definition) is 1. The van der Waals surface area contributed by atoms with Crippen molar-refractivity contribution in [3.63, 3.8) is 0 Å². The van der Waals surface area contributed by atoms with E-state index in [1.54, 1.807) is 4.90 Å². The van der Waals surface area contributed by atoms with E-state index in [9.17, 15) is 4.79 Å². The largest absolute Gasteiger partial charge is 0.444 e. The van der Waals surface area contributed by atoms with Gasteiger partial charge in [0.25, 0.3) is 0 Å². The molecular formula is C17H37N3O2. The molecule has 0 aromatic rings. The third-order valence-corrected chi connectivity index (χ3v) is 3.46. The first-order chi connectivity index (χ1) is 9.84. The Morgan fingerprint density at radius 3 is 1.95 bits per heavy atom. The summed E-state index contributed by atoms with van der Waals surface area (Å²) < 4.78 is 5.50. The zero-order valence-electron chi connectivity index (χ0n) is 16.1. The number of nitrogens with one attached hydrogen (secondary N) is 1. The van der Waals surface area contributed by atoms with Crippen LogP contribution >= 0.6 is 0 Å². The Bertz CT molecular complexity index is 330. The second-order valence-corrected chi connectivity index (χ2v) is 8.13. The molecule has 0 heterocycles. The average molecular weight is 316 g/mol. The molecule has 0 bridgehead atoms. The number of hydrogen-bond acceptors (Lipinski definition) is 4. The standard InChI is InChI=1S/C17H37N3O2/c1-14(2)19(9)12-10-18-11-13-20(16(3,4)5)15(21)22-17(6,7)8/h14,18H,10-13H2,1-9H3. The summed E-state index contributed by atoms with van der Waals surface area (Å²) in [6.07, 6.45) is -0.249. The Kier molecular flexibility index (Phi) is 8.40. The maximum absolute atomic E-state index is 12.3. The summed E-state index contributed by atoms with van der Waals surface area (Å²) in [5.41, 5.74) is -0.716. The fourth-order valence-corrected chi connectivity index (χ4v) is 1.85. The predicted molar refractivity (Wildman–Crippen MR) is 93.3 cm³/mol. The highest BCUT2D eigenvalue weighted by Crippen LogP contribution is 2.17. The summed E-state index contributed by atoms with van der Waals surface area (Å²) in [5.74, 6) is 0. The van der Waals surface area contributed by atoms with Crippen LogP contribution < -0.4 is 5.32 Å². The van der Waals surface area contributed by atoms with Gasteiger partial charge < -0.3 is 19.9 Å². The fourth-order valence-electron chi connectivity index (χ4n) is 1.85. The van der Waals surface area contributed by atoms with E-state index in [1.807, 2.05) is 41.5 Å². The van der Waals surface area contributed by atoms with Crippen molar-refractivity contribution in [3.8, 4) is 0 Å². The minimum Gasteiger partial charge on any atom is -0.444 e. The third-order valence-electron chi connectivity index (χ3n) is 3.46. The topological polar surface area (TPSA) is 44.8 Å². The zero-order valence-corrected chi connectivity index (χ0v) is 16.1. The minimum absolute atomic E-state index is 0.249. The minimum atomic E-state index is -0.464. The van der Waals surface area contributed by atoms with E-state index < -0.39 is 5.60 Å². The molecule has 5 heteroatoms. The van der Waals surface area contributed by atoms with Crippen LogP contribution in [0.5, 0.6) is 0 Å². The van der Waals surface area contributed by atoms with E-state index in [-0.39, 0.29) is 11.6 Å². The van der Waals surface area contributed by atoms with Crippen molar-refractivity contribution in [2.45, 2.75) is 72.6 Å². The van der Waals surface area contributed by atoms with Crippen LogP contribution in [0.15, 0.2) is 0 Å². The molecule has 0 aliphatic carbocycles. The van der Waals surface area contributed by atoms with Crippen LogP contribution in [0.2, 0.25) is 0 Å². The molecule has 0 saturated carbocycles. The van der Waals surface area contributed by atoms with Crippen molar-refractivity contribution in [3.05, 3.63) is 0 Å². The quantitative estimate of drug-likeness (QED) is 0.734. The van der Waals surface area contributed by atoms with E-state index in [0.717, 1.165) is 19.6 Å². The average Bonchev–Trinajstić information content (AvgIpc) is 2.28. The molecule has 0 atom stereocenters. The molecule has 0 unspecified atom stereocenters. The Hall–Kier alpha value is -0.810. The van der Waals surface area contributed by atoms with Gasteiger partial charge in [-0.3, -0.25) is 0 Å². The number of amides is 1. The molecule has 1 N–H and O–H groups in total. The second kappa shape index (κ2) is 8.73. The molecule has 0 aliphatic heterocycles. The first-order valence-corrected chi connectivity index (χ1v) is 8.26. The van der Waals surface area contributed by atoms with Crippen molar-refractivity contribution in [2.75, 3.05) is 33.2 Å². The summed E-state index contributed by atoms with van der Waals surface area (Å²) in [7, 11) is 2.12. The lowest BCUT2D eigenvalue weighted by Gasteiger charge is -2.37. The zero-order chi connectivity index (χ0) is 17.6. The normalized spacial score (nSPS) is 12.9. The Morgan fingerprint density at radius 2 is 1.55 bits per heavy atom. The van der Waals surface area contributed by atoms with Gasteiger partial charge in [-0.25, -0.2) is 4.79 Å². The smallest absolute Gasteiger partial charge is 0.410 e. The molecule has 1 amide bonds. The molecule has 0 rings (SSSR count). The van der Waals surface area contributed by atoms with Crippen molar-refractivity contribution in [1.29, 1.82) is 0 Å². The van der Waals surface area contributed by atoms with E-state index >= 15 is 0 Å². The van der Waals surface area contributed by atoms with Crippen molar-refractivity contribution >= 4 is 6.09 Å². The molecule has 0 spiro atoms. The van der Waals surface area contributed by atoms with Crippen LogP contribution in [-0.2, 0) is 4.74 Å². The van der Waals surface area contributed by atoms with E-state index in [1.165, 1.54) is 0 Å². The summed E-state index contributed by atoms with van der Waals surface area (Å²) >= 11 is 0. The van der Waals surface area contributed by atoms with Crippen LogP contribution in [0, 0.1) is 0 Å². The van der Waals surface area contributed by atoms with Gasteiger partial charge in [0, 0.05) is 37.8 Å². The SMILES string of the molecule is CC(C)N(C)CCNCCN(C(=O)OC(C)(C)C)C(C)(C)C. The number of carbonyl (C=O) groups excluding carboxylic acids is 1. The Morgan fingerprint density at radius 1 is 1.05 bits per heavy atom. The molecule has 22 heavy (non-hydrogen) atoms. The van der Waals surface area contributed by atoms with Crippen LogP contribution in [-0.4, -0.2) is 66.3 Å². The number of carbonyl (C=O) groups is 1. The van der Waals surface area contributed by atoms with Crippen molar-refractivity contribution in [1.82, 2.24) is 15.1 Å². The molecule has 0 aliphatic rings. The molecule has 0 aromatic carbocycles. The summed E-state index contributed by atoms with van der Waals surface area (Å²) in [5, 5.41) is 3.40. The maximum Gasteiger partial charge on any atom is 0.410 e. The van der Waals surface area contributed by atoms with Gasteiger partial charge >= 0.3 is 6.09 Å². The van der Waals surface area contributed by atoms with Crippen molar-refractivity contribution < 1.29 is 9.53 Å². The predicted octanol–water partition coefficient (Wildman–Crippen LogP) is 2.95. The maximum atomic E-state index is 12.3. The first-order valence-electron chi connectivity index (χ1n) is 8.26. The lowest BCUT2D eigenvalue weighted by atomic mass is 10.1.